The van der Waals surface area contributed by atoms with Crippen LogP contribution in [0.1, 0.15) is 31.7 Å². The van der Waals surface area contributed by atoms with Gasteiger partial charge in [-0.15, -0.1) is 0 Å². The third-order valence-corrected chi connectivity index (χ3v) is 3.78. The lowest BCUT2D eigenvalue weighted by Gasteiger charge is -2.08. The molecule has 2 aromatic heterocycles. The average Bonchev–Trinajstić information content (AvgIpc) is 3.01. The second-order valence-electron chi connectivity index (χ2n) is 4.71. The molecule has 5 heteroatoms. The van der Waals surface area contributed by atoms with E-state index < -0.39 is 0 Å². The molecule has 4 nitrogen and oxygen atoms in total. The predicted octanol–water partition coefficient (Wildman–Crippen LogP) is 3.30. The first kappa shape index (κ1) is 11.5. The van der Waals surface area contributed by atoms with Gasteiger partial charge in [-0.1, -0.05) is 24.4 Å². The molecule has 0 atom stereocenters. The number of nitrogens with two attached hydrogens (primary N) is 1. The minimum Gasteiger partial charge on any atom is -0.382 e. The normalized spacial score (nSPS) is 16.3. The highest BCUT2D eigenvalue weighted by Gasteiger charge is 2.17. The molecule has 0 aromatic carbocycles. The van der Waals surface area contributed by atoms with Crippen LogP contribution >= 0.6 is 11.6 Å². The molecule has 1 fully saturated rings. The van der Waals surface area contributed by atoms with Crippen LogP contribution in [0.5, 0.6) is 0 Å². The number of nitrogens with zero attached hydrogens (tertiary/aromatic N) is 3. The van der Waals surface area contributed by atoms with Crippen molar-refractivity contribution in [2.24, 2.45) is 0 Å². The van der Waals surface area contributed by atoms with E-state index in [0.29, 0.717) is 16.9 Å². The second-order valence-corrected chi connectivity index (χ2v) is 5.12. The van der Waals surface area contributed by atoms with Gasteiger partial charge in [-0.05, 0) is 25.0 Å². The van der Waals surface area contributed by atoms with Gasteiger partial charge in [0.1, 0.15) is 5.82 Å². The summed E-state index contributed by atoms with van der Waals surface area (Å²) in [5, 5.41) is 5.09. The van der Waals surface area contributed by atoms with E-state index >= 15 is 0 Å². The van der Waals surface area contributed by atoms with Gasteiger partial charge in [-0.3, -0.25) is 4.68 Å². The second kappa shape index (κ2) is 4.61. The standard InChI is InChI=1S/C13H15ClN4/c14-11-7-9(8-16-13(11)15)12-5-6-18(17-12)10-3-1-2-4-10/h5-8,10H,1-4H2,(H2,15,16). The molecule has 0 bridgehead atoms. The summed E-state index contributed by atoms with van der Waals surface area (Å²) in [5.74, 6) is 0.357. The molecule has 0 spiro atoms. The zero-order valence-corrected chi connectivity index (χ0v) is 10.8. The van der Waals surface area contributed by atoms with Crippen LogP contribution in [-0.4, -0.2) is 14.8 Å². The number of aromatic nitrogens is 3. The Kier molecular flexibility index (Phi) is 2.96. The van der Waals surface area contributed by atoms with Crippen LogP contribution in [0.4, 0.5) is 5.82 Å². The summed E-state index contributed by atoms with van der Waals surface area (Å²) in [6.07, 6.45) is 8.80. The van der Waals surface area contributed by atoms with Crippen molar-refractivity contribution < 1.29 is 0 Å². The van der Waals surface area contributed by atoms with Gasteiger partial charge in [0.15, 0.2) is 0 Å². The van der Waals surface area contributed by atoms with E-state index in [4.69, 9.17) is 17.3 Å². The lowest BCUT2D eigenvalue weighted by molar-refractivity contribution is 0.468. The highest BCUT2D eigenvalue weighted by atomic mass is 35.5. The largest absolute Gasteiger partial charge is 0.382 e. The Morgan fingerprint density at radius 1 is 1.33 bits per heavy atom. The molecule has 2 N–H and O–H groups in total. The van der Waals surface area contributed by atoms with E-state index in [-0.39, 0.29) is 0 Å². The van der Waals surface area contributed by atoms with Crippen molar-refractivity contribution in [3.05, 3.63) is 29.5 Å². The Balaban J connectivity index is 1.89. The smallest absolute Gasteiger partial charge is 0.142 e. The van der Waals surface area contributed by atoms with Crippen molar-refractivity contribution in [3.8, 4) is 11.3 Å². The van der Waals surface area contributed by atoms with Gasteiger partial charge in [0.25, 0.3) is 0 Å². The maximum atomic E-state index is 5.98. The Morgan fingerprint density at radius 2 is 2.11 bits per heavy atom. The van der Waals surface area contributed by atoms with Crippen LogP contribution in [0.15, 0.2) is 24.5 Å². The van der Waals surface area contributed by atoms with E-state index in [1.54, 1.807) is 6.20 Å². The Bertz CT molecular complexity index is 558. The molecular formula is C13H15ClN4. The zero-order chi connectivity index (χ0) is 12.5. The lowest BCUT2D eigenvalue weighted by atomic mass is 10.2. The van der Waals surface area contributed by atoms with Crippen molar-refractivity contribution in [2.45, 2.75) is 31.7 Å². The summed E-state index contributed by atoms with van der Waals surface area (Å²) in [4.78, 5) is 4.06. The van der Waals surface area contributed by atoms with Gasteiger partial charge in [0.05, 0.1) is 16.8 Å². The van der Waals surface area contributed by atoms with Crippen LogP contribution < -0.4 is 5.73 Å². The van der Waals surface area contributed by atoms with Crippen LogP contribution in [0.25, 0.3) is 11.3 Å². The van der Waals surface area contributed by atoms with Crippen molar-refractivity contribution >= 4 is 17.4 Å². The van der Waals surface area contributed by atoms with Gasteiger partial charge >= 0.3 is 0 Å². The van der Waals surface area contributed by atoms with Crippen LogP contribution in [0, 0.1) is 0 Å². The van der Waals surface area contributed by atoms with E-state index in [1.165, 1.54) is 25.7 Å². The Labute approximate surface area is 111 Å². The zero-order valence-electron chi connectivity index (χ0n) is 10.0. The summed E-state index contributed by atoms with van der Waals surface area (Å²) in [6, 6.07) is 4.36. The molecule has 1 aliphatic carbocycles. The van der Waals surface area contributed by atoms with Crippen molar-refractivity contribution in [3.63, 3.8) is 0 Å². The van der Waals surface area contributed by atoms with E-state index in [0.717, 1.165) is 11.3 Å². The Hall–Kier alpha value is -1.55. The predicted molar refractivity (Wildman–Crippen MR) is 72.4 cm³/mol. The van der Waals surface area contributed by atoms with Crippen molar-refractivity contribution in [1.82, 2.24) is 14.8 Å². The molecule has 1 aliphatic rings. The first-order chi connectivity index (χ1) is 8.74. The fourth-order valence-electron chi connectivity index (χ4n) is 2.45. The van der Waals surface area contributed by atoms with Crippen molar-refractivity contribution in [1.29, 1.82) is 0 Å². The first-order valence-corrected chi connectivity index (χ1v) is 6.58. The van der Waals surface area contributed by atoms with Gasteiger partial charge < -0.3 is 5.73 Å². The third kappa shape index (κ3) is 2.08. The molecule has 94 valence electrons. The highest BCUT2D eigenvalue weighted by Crippen LogP contribution is 2.30. The average molecular weight is 263 g/mol. The molecule has 0 aliphatic heterocycles. The topological polar surface area (TPSA) is 56.7 Å². The first-order valence-electron chi connectivity index (χ1n) is 6.20. The van der Waals surface area contributed by atoms with Crippen LogP contribution in [-0.2, 0) is 0 Å². The summed E-state index contributed by atoms with van der Waals surface area (Å²) in [5.41, 5.74) is 7.41. The van der Waals surface area contributed by atoms with E-state index in [9.17, 15) is 0 Å². The number of anilines is 1. The van der Waals surface area contributed by atoms with Gasteiger partial charge in [-0.25, -0.2) is 4.98 Å². The molecule has 18 heavy (non-hydrogen) atoms. The minimum absolute atomic E-state index is 0.357. The number of hydrogen-bond acceptors (Lipinski definition) is 3. The highest BCUT2D eigenvalue weighted by molar-refractivity contribution is 6.33. The van der Waals surface area contributed by atoms with Gasteiger partial charge in [-0.2, -0.15) is 5.10 Å². The molecule has 2 aromatic rings. The van der Waals surface area contributed by atoms with E-state index in [2.05, 4.69) is 14.8 Å². The molecule has 1 saturated carbocycles. The number of rotatable bonds is 2. The number of pyridine rings is 1. The lowest BCUT2D eigenvalue weighted by Crippen LogP contribution is -2.04. The fraction of sp³-hybridized carbons (Fsp3) is 0.385. The fourth-order valence-corrected chi connectivity index (χ4v) is 2.62. The maximum absolute atomic E-state index is 5.98. The Morgan fingerprint density at radius 3 is 2.83 bits per heavy atom. The van der Waals surface area contributed by atoms with Gasteiger partial charge in [0.2, 0.25) is 0 Å². The van der Waals surface area contributed by atoms with E-state index in [1.807, 2.05) is 18.3 Å². The summed E-state index contributed by atoms with van der Waals surface area (Å²) in [7, 11) is 0. The molecule has 3 rings (SSSR count). The minimum atomic E-state index is 0.357. The molecule has 0 amide bonds. The summed E-state index contributed by atoms with van der Waals surface area (Å²) >= 11 is 5.98. The number of hydrogen-bond donors (Lipinski definition) is 1. The quantitative estimate of drug-likeness (QED) is 0.903. The van der Waals surface area contributed by atoms with Crippen LogP contribution in [0.2, 0.25) is 5.02 Å². The summed E-state index contributed by atoms with van der Waals surface area (Å²) in [6.45, 7) is 0. The molecule has 0 radical (unpaired) electrons. The van der Waals surface area contributed by atoms with Gasteiger partial charge in [0, 0.05) is 18.0 Å². The SMILES string of the molecule is Nc1ncc(-c2ccn(C3CCCC3)n2)cc1Cl. The maximum Gasteiger partial charge on any atom is 0.142 e. The summed E-state index contributed by atoms with van der Waals surface area (Å²) < 4.78 is 2.06. The van der Waals surface area contributed by atoms with Crippen LogP contribution in [0.3, 0.4) is 0 Å². The van der Waals surface area contributed by atoms with Crippen molar-refractivity contribution in [2.75, 3.05) is 5.73 Å². The third-order valence-electron chi connectivity index (χ3n) is 3.47. The molecule has 0 saturated heterocycles. The monoisotopic (exact) mass is 262 g/mol. The number of halogens is 1. The number of nitrogen functional groups attached to an aromatic ring is 1. The molecular weight excluding hydrogens is 248 g/mol. The molecule has 2 heterocycles. The molecule has 0 unspecified atom stereocenters.